The molecule has 0 aromatic heterocycles. The van der Waals surface area contributed by atoms with Crippen molar-refractivity contribution < 1.29 is 38.2 Å². The van der Waals surface area contributed by atoms with E-state index < -0.39 is 24.1 Å². The molecule has 0 aromatic carbocycles. The maximum atomic E-state index is 12.6. The molecule has 0 amide bonds. The van der Waals surface area contributed by atoms with Crippen LogP contribution in [0.3, 0.4) is 0 Å². The molecule has 0 heterocycles. The highest BCUT2D eigenvalue weighted by molar-refractivity contribution is 5.70. The predicted molar refractivity (Wildman–Crippen MR) is 217 cm³/mol. The van der Waals surface area contributed by atoms with Crippen LogP contribution in [0.25, 0.3) is 0 Å². The molecule has 0 spiro atoms. The van der Waals surface area contributed by atoms with Crippen molar-refractivity contribution >= 4 is 17.9 Å². The fourth-order valence-electron chi connectivity index (χ4n) is 5.17. The van der Waals surface area contributed by atoms with Crippen molar-refractivity contribution in [2.75, 3.05) is 41.0 Å². The molecule has 0 aliphatic heterocycles. The lowest BCUT2D eigenvalue weighted by Crippen LogP contribution is -2.55. The second-order valence-corrected chi connectivity index (χ2v) is 14.1. The van der Waals surface area contributed by atoms with Gasteiger partial charge in [0.05, 0.1) is 40.3 Å². The Labute approximate surface area is 323 Å². The number of nitrogens with zero attached hydrogens (tertiary/aromatic N) is 1. The first-order valence-electron chi connectivity index (χ1n) is 20.1. The van der Waals surface area contributed by atoms with Crippen molar-refractivity contribution in [2.45, 2.75) is 142 Å². The van der Waals surface area contributed by atoms with Crippen LogP contribution in [0.2, 0.25) is 0 Å². The second kappa shape index (κ2) is 35.5. The number of hydrogen-bond donors (Lipinski definition) is 0. The molecule has 0 saturated heterocycles. The normalized spacial score (nSPS) is 13.9. The number of carboxylic acids is 1. The number of rotatable bonds is 34. The zero-order chi connectivity index (χ0) is 39.3. The van der Waals surface area contributed by atoms with Crippen molar-refractivity contribution in [3.63, 3.8) is 0 Å². The van der Waals surface area contributed by atoms with Crippen LogP contribution in [0, 0.1) is 0 Å². The Bertz CT molecular complexity index is 1140. The minimum Gasteiger partial charge on any atom is -0.544 e. The first-order valence-corrected chi connectivity index (χ1v) is 20.1. The summed E-state index contributed by atoms with van der Waals surface area (Å²) in [5, 5.41) is 11.6. The topological polar surface area (TPSA) is 102 Å². The third kappa shape index (κ3) is 34.1. The Balaban J connectivity index is 4.62. The number of esters is 2. The molecule has 0 bridgehead atoms. The number of unbranched alkanes of at least 4 members (excludes halogenated alkanes) is 6. The van der Waals surface area contributed by atoms with Gasteiger partial charge in [0.15, 0.2) is 6.10 Å². The molecule has 0 saturated carbocycles. The number of carbonyl (C=O) groups excluding carboxylic acids is 3. The van der Waals surface area contributed by atoms with Crippen LogP contribution in [0.5, 0.6) is 0 Å². The van der Waals surface area contributed by atoms with Crippen molar-refractivity contribution in [3.05, 3.63) is 85.1 Å². The van der Waals surface area contributed by atoms with E-state index in [0.29, 0.717) is 12.8 Å². The number of allylic oxidation sites excluding steroid dienone is 14. The van der Waals surface area contributed by atoms with E-state index in [1.54, 1.807) is 21.1 Å². The van der Waals surface area contributed by atoms with E-state index in [1.165, 1.54) is 38.5 Å². The maximum absolute atomic E-state index is 12.6. The van der Waals surface area contributed by atoms with Crippen LogP contribution in [-0.4, -0.2) is 75.5 Å². The average molecular weight is 740 g/mol. The van der Waals surface area contributed by atoms with E-state index in [1.807, 2.05) is 18.2 Å². The van der Waals surface area contributed by atoms with E-state index in [-0.39, 0.29) is 49.5 Å². The average Bonchev–Trinajstić information content (AvgIpc) is 3.11. The van der Waals surface area contributed by atoms with Gasteiger partial charge in [0.2, 0.25) is 0 Å². The zero-order valence-electron chi connectivity index (χ0n) is 33.9. The Kier molecular flexibility index (Phi) is 33.2. The standard InChI is InChI=1S/C45H73NO7/c1-6-8-10-12-14-16-18-20-21-22-24-26-28-30-32-34-36-44(48)53-41(39-51-38-37-42(45(49)50)46(3,4)5)40-52-43(47)35-33-31-29-27-25-23-19-17-15-13-11-9-7-2/h8,10,14,16,20-21,23-26,29-32,41-42H,6-7,9,11-13,15,17-19,22,27-28,33-40H2,1-5H3/b10-8+,16-14+,21-20+,25-23+,26-24+,31-29+,32-30+. The van der Waals surface area contributed by atoms with Crippen molar-refractivity contribution in [1.29, 1.82) is 0 Å². The number of likely N-dealkylation sites (N-methyl/N-ethyl adjacent to an activating group) is 1. The maximum Gasteiger partial charge on any atom is 0.306 e. The summed E-state index contributed by atoms with van der Waals surface area (Å²) in [5.74, 6) is -1.94. The van der Waals surface area contributed by atoms with Crippen LogP contribution >= 0.6 is 0 Å². The van der Waals surface area contributed by atoms with Crippen molar-refractivity contribution in [2.24, 2.45) is 0 Å². The van der Waals surface area contributed by atoms with Crippen LogP contribution < -0.4 is 5.11 Å². The Morgan fingerprint density at radius 1 is 0.585 bits per heavy atom. The number of quaternary nitrogens is 1. The highest BCUT2D eigenvalue weighted by Crippen LogP contribution is 2.10. The summed E-state index contributed by atoms with van der Waals surface area (Å²) >= 11 is 0. The summed E-state index contributed by atoms with van der Waals surface area (Å²) in [5.41, 5.74) is 0. The fraction of sp³-hybridized carbons (Fsp3) is 0.622. The summed E-state index contributed by atoms with van der Waals surface area (Å²) < 4.78 is 16.9. The largest absolute Gasteiger partial charge is 0.544 e. The molecule has 2 unspecified atom stereocenters. The molecule has 8 heteroatoms. The van der Waals surface area contributed by atoms with Gasteiger partial charge in [-0.2, -0.15) is 0 Å². The minimum absolute atomic E-state index is 0.0113. The molecule has 0 aromatic rings. The summed E-state index contributed by atoms with van der Waals surface area (Å²) in [6.45, 7) is 4.36. The zero-order valence-corrected chi connectivity index (χ0v) is 33.9. The molecular weight excluding hydrogens is 666 g/mol. The number of carbonyl (C=O) groups is 3. The summed E-state index contributed by atoms with van der Waals surface area (Å²) in [7, 11) is 5.35. The molecule has 300 valence electrons. The van der Waals surface area contributed by atoms with E-state index in [4.69, 9.17) is 14.2 Å². The summed E-state index contributed by atoms with van der Waals surface area (Å²) in [6, 6.07) is -0.749. The van der Waals surface area contributed by atoms with Gasteiger partial charge in [0.1, 0.15) is 12.6 Å². The Morgan fingerprint density at radius 3 is 1.57 bits per heavy atom. The number of ether oxygens (including phenoxy) is 3. The van der Waals surface area contributed by atoms with Gasteiger partial charge in [-0.05, 0) is 64.2 Å². The molecule has 0 radical (unpaired) electrons. The van der Waals surface area contributed by atoms with Crippen LogP contribution in [0.15, 0.2) is 85.1 Å². The van der Waals surface area contributed by atoms with Gasteiger partial charge in [-0.3, -0.25) is 9.59 Å². The third-order valence-corrected chi connectivity index (χ3v) is 8.29. The summed E-state index contributed by atoms with van der Waals surface area (Å²) in [4.78, 5) is 36.6. The summed E-state index contributed by atoms with van der Waals surface area (Å²) in [6.07, 6.45) is 45.0. The highest BCUT2D eigenvalue weighted by atomic mass is 16.6. The smallest absolute Gasteiger partial charge is 0.306 e. The van der Waals surface area contributed by atoms with Crippen molar-refractivity contribution in [1.82, 2.24) is 0 Å². The van der Waals surface area contributed by atoms with Gasteiger partial charge in [0, 0.05) is 19.3 Å². The van der Waals surface area contributed by atoms with E-state index in [0.717, 1.165) is 44.9 Å². The molecule has 0 aliphatic rings. The van der Waals surface area contributed by atoms with E-state index in [2.05, 4.69) is 80.7 Å². The lowest BCUT2D eigenvalue weighted by atomic mass is 10.1. The molecule has 53 heavy (non-hydrogen) atoms. The Morgan fingerprint density at radius 2 is 1.06 bits per heavy atom. The van der Waals surface area contributed by atoms with Gasteiger partial charge in [0.25, 0.3) is 0 Å². The van der Waals surface area contributed by atoms with Gasteiger partial charge in [-0.25, -0.2) is 0 Å². The van der Waals surface area contributed by atoms with Gasteiger partial charge in [-0.15, -0.1) is 0 Å². The van der Waals surface area contributed by atoms with Gasteiger partial charge < -0.3 is 28.6 Å². The number of aliphatic carboxylic acids is 1. The van der Waals surface area contributed by atoms with Crippen LogP contribution in [0.4, 0.5) is 0 Å². The first kappa shape index (κ1) is 49.5. The lowest BCUT2D eigenvalue weighted by molar-refractivity contribution is -0.889. The molecular formula is C45H73NO7. The predicted octanol–water partition coefficient (Wildman–Crippen LogP) is 9.24. The molecule has 0 rings (SSSR count). The molecule has 0 aliphatic carbocycles. The van der Waals surface area contributed by atoms with E-state index in [9.17, 15) is 19.5 Å². The molecule has 0 N–H and O–H groups in total. The number of carboxylic acid groups (broad SMARTS) is 1. The van der Waals surface area contributed by atoms with Crippen molar-refractivity contribution in [3.8, 4) is 0 Å². The monoisotopic (exact) mass is 740 g/mol. The molecule has 0 fully saturated rings. The molecule has 8 nitrogen and oxygen atoms in total. The fourth-order valence-corrected chi connectivity index (χ4v) is 5.17. The van der Waals surface area contributed by atoms with Gasteiger partial charge in [-0.1, -0.05) is 131 Å². The Hall–Kier alpha value is -3.49. The SMILES string of the molecule is CC/C=C/C/C=C/C/C=C/C/C=C/C/C=C/CCC(=O)OC(COCCC(C(=O)[O-])[N+](C)(C)C)COC(=O)CC/C=C/C/C=C/CCCCCCCC. The molecule has 2 atom stereocenters. The lowest BCUT2D eigenvalue weighted by Gasteiger charge is -2.34. The number of hydrogen-bond acceptors (Lipinski definition) is 7. The highest BCUT2D eigenvalue weighted by Gasteiger charge is 2.25. The van der Waals surface area contributed by atoms with E-state index >= 15 is 0 Å². The quantitative estimate of drug-likeness (QED) is 0.0281. The second-order valence-electron chi connectivity index (χ2n) is 14.1. The first-order chi connectivity index (χ1) is 25.6. The third-order valence-electron chi connectivity index (χ3n) is 8.29. The van der Waals surface area contributed by atoms with Gasteiger partial charge >= 0.3 is 11.9 Å². The van der Waals surface area contributed by atoms with Crippen LogP contribution in [0.1, 0.15) is 129 Å². The minimum atomic E-state index is -1.15. The van der Waals surface area contributed by atoms with Crippen LogP contribution in [-0.2, 0) is 28.6 Å².